The van der Waals surface area contributed by atoms with Crippen LogP contribution in [0.25, 0.3) is 16.8 Å². The Morgan fingerprint density at radius 3 is 2.67 bits per heavy atom. The highest BCUT2D eigenvalue weighted by Crippen LogP contribution is 2.33. The molecular formula is C19H20N2OS2. The number of carbonyl (C=O) groups is 1. The SMILES string of the molecule is CN(C)CCCN1C(=O)/C(=C\c2ccc3ccccc3c2)SC1=S. The molecule has 1 fully saturated rings. The van der Waals surface area contributed by atoms with Crippen molar-refractivity contribution in [3.05, 3.63) is 52.9 Å². The first-order chi connectivity index (χ1) is 11.5. The van der Waals surface area contributed by atoms with Crippen LogP contribution in [0.3, 0.4) is 0 Å². The van der Waals surface area contributed by atoms with Crippen LogP contribution < -0.4 is 0 Å². The third kappa shape index (κ3) is 3.86. The number of carbonyl (C=O) groups excluding carboxylic acids is 1. The maximum Gasteiger partial charge on any atom is 0.266 e. The first kappa shape index (κ1) is 17.1. The van der Waals surface area contributed by atoms with Gasteiger partial charge in [0.05, 0.1) is 4.91 Å². The molecule has 0 atom stereocenters. The number of benzene rings is 2. The number of rotatable bonds is 5. The fourth-order valence-corrected chi connectivity index (χ4v) is 4.00. The van der Waals surface area contributed by atoms with Gasteiger partial charge in [-0.2, -0.15) is 0 Å². The summed E-state index contributed by atoms with van der Waals surface area (Å²) in [6.07, 6.45) is 2.86. The van der Waals surface area contributed by atoms with Crippen molar-refractivity contribution in [3.63, 3.8) is 0 Å². The van der Waals surface area contributed by atoms with Crippen LogP contribution in [-0.2, 0) is 4.79 Å². The van der Waals surface area contributed by atoms with E-state index in [-0.39, 0.29) is 5.91 Å². The molecular weight excluding hydrogens is 336 g/mol. The van der Waals surface area contributed by atoms with Crippen molar-refractivity contribution >= 4 is 51.1 Å². The number of thiocarbonyl (C=S) groups is 1. The number of fused-ring (bicyclic) bond motifs is 1. The van der Waals surface area contributed by atoms with Crippen molar-refractivity contribution in [3.8, 4) is 0 Å². The molecule has 124 valence electrons. The van der Waals surface area contributed by atoms with Crippen LogP contribution in [0.4, 0.5) is 0 Å². The van der Waals surface area contributed by atoms with E-state index in [4.69, 9.17) is 12.2 Å². The van der Waals surface area contributed by atoms with Gasteiger partial charge in [0.2, 0.25) is 0 Å². The van der Waals surface area contributed by atoms with Gasteiger partial charge in [-0.3, -0.25) is 9.69 Å². The Bertz CT molecular complexity index is 814. The summed E-state index contributed by atoms with van der Waals surface area (Å²) in [7, 11) is 4.06. The molecule has 0 spiro atoms. The van der Waals surface area contributed by atoms with Crippen molar-refractivity contribution < 1.29 is 4.79 Å². The summed E-state index contributed by atoms with van der Waals surface area (Å²) in [5, 5.41) is 2.37. The molecule has 1 aliphatic rings. The van der Waals surface area contributed by atoms with Crippen molar-refractivity contribution in [1.82, 2.24) is 9.80 Å². The maximum atomic E-state index is 12.6. The number of hydrogen-bond acceptors (Lipinski definition) is 4. The topological polar surface area (TPSA) is 23.6 Å². The quantitative estimate of drug-likeness (QED) is 0.597. The minimum atomic E-state index is 0.0249. The summed E-state index contributed by atoms with van der Waals surface area (Å²) in [5.41, 5.74) is 1.03. The van der Waals surface area contributed by atoms with E-state index in [1.807, 2.05) is 38.4 Å². The lowest BCUT2D eigenvalue weighted by atomic mass is 10.1. The summed E-state index contributed by atoms with van der Waals surface area (Å²) in [4.78, 5) is 17.1. The first-order valence-corrected chi connectivity index (χ1v) is 9.16. The van der Waals surface area contributed by atoms with Crippen molar-refractivity contribution in [2.45, 2.75) is 6.42 Å². The Balaban J connectivity index is 1.77. The fraction of sp³-hybridized carbons (Fsp3) is 0.263. The lowest BCUT2D eigenvalue weighted by Gasteiger charge is -2.16. The number of amides is 1. The standard InChI is InChI=1S/C19H20N2OS2/c1-20(2)10-5-11-21-18(22)17(24-19(21)23)13-14-8-9-15-6-3-4-7-16(15)12-14/h3-4,6-9,12-13H,5,10-11H2,1-2H3/b17-13+. The highest BCUT2D eigenvalue weighted by molar-refractivity contribution is 8.26. The van der Waals surface area contributed by atoms with Gasteiger partial charge in [-0.05, 0) is 55.5 Å². The molecule has 0 aromatic heterocycles. The van der Waals surface area contributed by atoms with Gasteiger partial charge in [-0.1, -0.05) is 60.4 Å². The normalized spacial score (nSPS) is 16.8. The van der Waals surface area contributed by atoms with Gasteiger partial charge in [0, 0.05) is 6.54 Å². The van der Waals surface area contributed by atoms with E-state index in [0.717, 1.165) is 18.5 Å². The second kappa shape index (κ2) is 7.47. The molecule has 1 saturated heterocycles. The van der Waals surface area contributed by atoms with Crippen molar-refractivity contribution in [2.75, 3.05) is 27.2 Å². The average molecular weight is 357 g/mol. The number of hydrogen-bond donors (Lipinski definition) is 0. The predicted molar refractivity (Wildman–Crippen MR) is 107 cm³/mol. The van der Waals surface area contributed by atoms with Crippen LogP contribution in [0.5, 0.6) is 0 Å². The molecule has 5 heteroatoms. The van der Waals surface area contributed by atoms with Gasteiger partial charge in [0.1, 0.15) is 4.32 Å². The van der Waals surface area contributed by atoms with Crippen LogP contribution in [0.15, 0.2) is 47.4 Å². The lowest BCUT2D eigenvalue weighted by Crippen LogP contribution is -2.30. The summed E-state index contributed by atoms with van der Waals surface area (Å²) < 4.78 is 0.658. The number of thioether (sulfide) groups is 1. The Labute approximate surface area is 152 Å². The van der Waals surface area contributed by atoms with Crippen LogP contribution in [-0.4, -0.2) is 47.2 Å². The van der Waals surface area contributed by atoms with E-state index in [0.29, 0.717) is 15.8 Å². The van der Waals surface area contributed by atoms with E-state index in [2.05, 4.69) is 29.2 Å². The summed E-state index contributed by atoms with van der Waals surface area (Å²) >= 11 is 6.78. The maximum absolute atomic E-state index is 12.6. The minimum absolute atomic E-state index is 0.0249. The van der Waals surface area contributed by atoms with Gasteiger partial charge in [0.25, 0.3) is 5.91 Å². The minimum Gasteiger partial charge on any atom is -0.309 e. The highest BCUT2D eigenvalue weighted by atomic mass is 32.2. The molecule has 0 aliphatic carbocycles. The zero-order valence-corrected chi connectivity index (χ0v) is 15.5. The molecule has 2 aromatic rings. The van der Waals surface area contributed by atoms with E-state index in [1.54, 1.807) is 4.90 Å². The third-order valence-electron chi connectivity index (χ3n) is 3.93. The largest absolute Gasteiger partial charge is 0.309 e. The third-order valence-corrected chi connectivity index (χ3v) is 5.31. The molecule has 0 radical (unpaired) electrons. The molecule has 1 heterocycles. The van der Waals surface area contributed by atoms with Gasteiger partial charge in [-0.15, -0.1) is 0 Å². The smallest absolute Gasteiger partial charge is 0.266 e. The van der Waals surface area contributed by atoms with Gasteiger partial charge in [0.15, 0.2) is 0 Å². The van der Waals surface area contributed by atoms with E-state index >= 15 is 0 Å². The molecule has 0 bridgehead atoms. The van der Waals surface area contributed by atoms with Gasteiger partial charge >= 0.3 is 0 Å². The second-order valence-electron chi connectivity index (χ2n) is 6.10. The summed E-state index contributed by atoms with van der Waals surface area (Å²) in [6, 6.07) is 14.5. The van der Waals surface area contributed by atoms with Crippen molar-refractivity contribution in [1.29, 1.82) is 0 Å². The fourth-order valence-electron chi connectivity index (χ4n) is 2.69. The van der Waals surface area contributed by atoms with Crippen LogP contribution in [0.1, 0.15) is 12.0 Å². The average Bonchev–Trinajstić information content (AvgIpc) is 2.82. The van der Waals surface area contributed by atoms with E-state index in [1.165, 1.54) is 22.5 Å². The molecule has 1 aliphatic heterocycles. The Hall–Kier alpha value is -1.69. The van der Waals surface area contributed by atoms with E-state index in [9.17, 15) is 4.79 Å². The zero-order valence-electron chi connectivity index (χ0n) is 13.9. The molecule has 0 N–H and O–H groups in total. The molecule has 3 rings (SSSR count). The summed E-state index contributed by atoms with van der Waals surface area (Å²) in [6.45, 7) is 1.62. The molecule has 0 saturated carbocycles. The molecule has 1 amide bonds. The Morgan fingerprint density at radius 1 is 1.17 bits per heavy atom. The van der Waals surface area contributed by atoms with Crippen LogP contribution in [0.2, 0.25) is 0 Å². The monoisotopic (exact) mass is 356 g/mol. The highest BCUT2D eigenvalue weighted by Gasteiger charge is 2.31. The molecule has 0 unspecified atom stereocenters. The Morgan fingerprint density at radius 2 is 1.92 bits per heavy atom. The lowest BCUT2D eigenvalue weighted by molar-refractivity contribution is -0.122. The van der Waals surface area contributed by atoms with Crippen LogP contribution >= 0.6 is 24.0 Å². The van der Waals surface area contributed by atoms with Gasteiger partial charge in [-0.25, -0.2) is 0 Å². The van der Waals surface area contributed by atoms with Gasteiger partial charge < -0.3 is 4.90 Å². The molecule has 24 heavy (non-hydrogen) atoms. The van der Waals surface area contributed by atoms with E-state index < -0.39 is 0 Å². The first-order valence-electron chi connectivity index (χ1n) is 7.93. The Kier molecular flexibility index (Phi) is 5.33. The summed E-state index contributed by atoms with van der Waals surface area (Å²) in [5.74, 6) is 0.0249. The second-order valence-corrected chi connectivity index (χ2v) is 7.77. The van der Waals surface area contributed by atoms with Crippen LogP contribution in [0, 0.1) is 0 Å². The molecule has 2 aromatic carbocycles. The zero-order chi connectivity index (χ0) is 17.1. The number of nitrogens with zero attached hydrogens (tertiary/aromatic N) is 2. The van der Waals surface area contributed by atoms with Crippen molar-refractivity contribution in [2.24, 2.45) is 0 Å². The molecule has 3 nitrogen and oxygen atoms in total. The predicted octanol–water partition coefficient (Wildman–Crippen LogP) is 3.99.